The molecule has 0 bridgehead atoms. The fourth-order valence-electron chi connectivity index (χ4n) is 3.64. The number of hydrogen-bond donors (Lipinski definition) is 0. The molecule has 0 aromatic heterocycles. The molecule has 1 aromatic carbocycles. The molecule has 1 nitrogen and oxygen atoms in total. The Hall–Kier alpha value is -0.630. The number of ketones is 1. The zero-order valence-electron chi connectivity index (χ0n) is 16.9. The van der Waals surface area contributed by atoms with E-state index < -0.39 is 0 Å². The Kier molecular flexibility index (Phi) is 6.57. The Labute approximate surface area is 163 Å². The summed E-state index contributed by atoms with van der Waals surface area (Å²) in [5, 5.41) is 0. The molecule has 0 radical (unpaired) electrons. The second-order valence-corrected chi connectivity index (χ2v) is 11.0. The van der Waals surface area contributed by atoms with Crippen LogP contribution in [0.15, 0.2) is 18.2 Å². The summed E-state index contributed by atoms with van der Waals surface area (Å²) < 4.78 is 0. The van der Waals surface area contributed by atoms with Gasteiger partial charge in [-0.15, -0.1) is 0 Å². The first-order chi connectivity index (χ1) is 11.5. The van der Waals surface area contributed by atoms with Crippen LogP contribution >= 0.6 is 15.9 Å². The maximum absolute atomic E-state index is 13.1. The molecular weight excluding hydrogens is 372 g/mol. The Morgan fingerprint density at radius 2 is 1.44 bits per heavy atom. The summed E-state index contributed by atoms with van der Waals surface area (Å²) in [6.45, 7) is 13.3. The third kappa shape index (κ3) is 5.67. The predicted molar refractivity (Wildman–Crippen MR) is 112 cm³/mol. The number of carbonyl (C=O) groups excluding carboxylic acids is 1. The number of rotatable bonds is 4. The molecule has 1 saturated carbocycles. The minimum atomic E-state index is -0.0568. The molecule has 1 atom stereocenters. The first-order valence-corrected chi connectivity index (χ1v) is 10.7. The number of benzene rings is 1. The van der Waals surface area contributed by atoms with Crippen LogP contribution in [-0.4, -0.2) is 10.6 Å². The van der Waals surface area contributed by atoms with Gasteiger partial charge in [0.25, 0.3) is 0 Å². The zero-order valence-corrected chi connectivity index (χ0v) is 18.5. The number of halogens is 1. The lowest BCUT2D eigenvalue weighted by Gasteiger charge is -2.27. The van der Waals surface area contributed by atoms with Crippen molar-refractivity contribution in [3.63, 3.8) is 0 Å². The largest absolute Gasteiger partial charge is 0.293 e. The van der Waals surface area contributed by atoms with Gasteiger partial charge in [-0.25, -0.2) is 0 Å². The fraction of sp³-hybridized carbons (Fsp3) is 0.696. The molecule has 0 aliphatic heterocycles. The normalized spacial score (nSPS) is 18.2. The summed E-state index contributed by atoms with van der Waals surface area (Å²) in [6.07, 6.45) is 7.55. The Bertz CT molecular complexity index is 565. The van der Waals surface area contributed by atoms with Crippen LogP contribution in [0.25, 0.3) is 0 Å². The van der Waals surface area contributed by atoms with Gasteiger partial charge in [-0.05, 0) is 46.4 Å². The molecule has 25 heavy (non-hydrogen) atoms. The van der Waals surface area contributed by atoms with Crippen LogP contribution in [-0.2, 0) is 10.8 Å². The Morgan fingerprint density at radius 3 is 1.88 bits per heavy atom. The lowest BCUT2D eigenvalue weighted by atomic mass is 9.78. The van der Waals surface area contributed by atoms with Crippen LogP contribution < -0.4 is 0 Å². The first-order valence-electron chi connectivity index (χ1n) is 9.83. The third-order valence-electron chi connectivity index (χ3n) is 5.50. The summed E-state index contributed by atoms with van der Waals surface area (Å²) >= 11 is 3.72. The second-order valence-electron chi connectivity index (χ2n) is 9.87. The van der Waals surface area contributed by atoms with Gasteiger partial charge in [-0.2, -0.15) is 0 Å². The number of carbonyl (C=O) groups is 1. The topological polar surface area (TPSA) is 17.1 Å². The Morgan fingerprint density at radius 1 is 0.960 bits per heavy atom. The number of Topliss-reactive ketones (excluding diaryl/α,β-unsaturated/α-hetero) is 1. The van der Waals surface area contributed by atoms with Crippen molar-refractivity contribution in [2.75, 3.05) is 0 Å². The number of alkyl halides is 1. The van der Waals surface area contributed by atoms with Gasteiger partial charge >= 0.3 is 0 Å². The van der Waals surface area contributed by atoms with Crippen molar-refractivity contribution in [3.8, 4) is 0 Å². The predicted octanol–water partition coefficient (Wildman–Crippen LogP) is 7.20. The third-order valence-corrected chi connectivity index (χ3v) is 6.29. The van der Waals surface area contributed by atoms with Crippen molar-refractivity contribution in [2.24, 2.45) is 5.92 Å². The van der Waals surface area contributed by atoms with Crippen molar-refractivity contribution in [1.82, 2.24) is 0 Å². The summed E-state index contributed by atoms with van der Waals surface area (Å²) in [7, 11) is 0. The quantitative estimate of drug-likeness (QED) is 0.381. The van der Waals surface area contributed by atoms with Crippen molar-refractivity contribution in [1.29, 1.82) is 0 Å². The summed E-state index contributed by atoms with van der Waals surface area (Å²) in [6, 6.07) is 6.51. The van der Waals surface area contributed by atoms with E-state index in [1.807, 2.05) is 0 Å². The van der Waals surface area contributed by atoms with E-state index in [0.717, 1.165) is 12.0 Å². The molecule has 0 spiro atoms. The highest BCUT2D eigenvalue weighted by Gasteiger charge is 2.26. The number of hydrogen-bond acceptors (Lipinski definition) is 1. The van der Waals surface area contributed by atoms with E-state index in [1.165, 1.54) is 43.2 Å². The average Bonchev–Trinajstić information content (AvgIpc) is 2.53. The highest BCUT2D eigenvalue weighted by atomic mass is 79.9. The van der Waals surface area contributed by atoms with E-state index in [9.17, 15) is 4.79 Å². The molecule has 1 fully saturated rings. The molecule has 0 saturated heterocycles. The SMILES string of the molecule is CC(C)(C)c1cc(C(=O)C(Br)CC2CCCCC2)cc(C(C)(C)C)c1. The molecule has 1 aromatic rings. The van der Waals surface area contributed by atoms with E-state index in [2.05, 4.69) is 75.7 Å². The molecule has 1 aliphatic rings. The standard InChI is InChI=1S/C23H35BrO/c1-22(2,3)18-13-17(14-19(15-18)23(4,5)6)21(25)20(24)12-16-10-8-7-9-11-16/h13-16,20H,7-12H2,1-6H3. The minimum absolute atomic E-state index is 0.0431. The highest BCUT2D eigenvalue weighted by Crippen LogP contribution is 2.33. The molecule has 0 amide bonds. The van der Waals surface area contributed by atoms with Gasteiger partial charge in [-0.3, -0.25) is 4.79 Å². The van der Waals surface area contributed by atoms with Gasteiger partial charge in [0.1, 0.15) is 0 Å². The molecule has 0 heterocycles. The van der Waals surface area contributed by atoms with Gasteiger partial charge in [0, 0.05) is 5.56 Å². The second kappa shape index (κ2) is 7.94. The molecular formula is C23H35BrO. The molecule has 0 N–H and O–H groups in total. The van der Waals surface area contributed by atoms with Crippen LogP contribution in [0.1, 0.15) is 102 Å². The van der Waals surface area contributed by atoms with Crippen molar-refractivity contribution < 1.29 is 4.79 Å². The smallest absolute Gasteiger partial charge is 0.176 e. The van der Waals surface area contributed by atoms with Crippen LogP contribution in [0.2, 0.25) is 0 Å². The minimum Gasteiger partial charge on any atom is -0.293 e. The average molecular weight is 407 g/mol. The van der Waals surface area contributed by atoms with E-state index in [0.29, 0.717) is 5.92 Å². The van der Waals surface area contributed by atoms with Crippen molar-refractivity contribution >= 4 is 21.7 Å². The zero-order chi connectivity index (χ0) is 18.8. The van der Waals surface area contributed by atoms with E-state index in [-0.39, 0.29) is 21.4 Å². The summed E-state index contributed by atoms with van der Waals surface area (Å²) in [4.78, 5) is 13.1. The fourth-order valence-corrected chi connectivity index (χ4v) is 4.43. The van der Waals surface area contributed by atoms with Crippen LogP contribution in [0.5, 0.6) is 0 Å². The van der Waals surface area contributed by atoms with Crippen LogP contribution in [0.3, 0.4) is 0 Å². The first kappa shape index (κ1) is 20.7. The molecule has 1 unspecified atom stereocenters. The van der Waals surface area contributed by atoms with Gasteiger partial charge in [0.2, 0.25) is 0 Å². The Balaban J connectivity index is 2.27. The molecule has 1 aliphatic carbocycles. The molecule has 140 valence electrons. The van der Waals surface area contributed by atoms with Crippen LogP contribution in [0.4, 0.5) is 0 Å². The van der Waals surface area contributed by atoms with E-state index >= 15 is 0 Å². The lowest BCUT2D eigenvalue weighted by Crippen LogP contribution is -2.22. The van der Waals surface area contributed by atoms with Gasteiger partial charge in [0.05, 0.1) is 4.83 Å². The van der Waals surface area contributed by atoms with E-state index in [4.69, 9.17) is 0 Å². The maximum atomic E-state index is 13.1. The van der Waals surface area contributed by atoms with E-state index in [1.54, 1.807) is 0 Å². The summed E-state index contributed by atoms with van der Waals surface area (Å²) in [5.41, 5.74) is 3.46. The summed E-state index contributed by atoms with van der Waals surface area (Å²) in [5.74, 6) is 0.956. The maximum Gasteiger partial charge on any atom is 0.176 e. The molecule has 2 rings (SSSR count). The van der Waals surface area contributed by atoms with Crippen molar-refractivity contribution in [2.45, 2.75) is 95.7 Å². The van der Waals surface area contributed by atoms with Gasteiger partial charge < -0.3 is 0 Å². The monoisotopic (exact) mass is 406 g/mol. The van der Waals surface area contributed by atoms with Crippen molar-refractivity contribution in [3.05, 3.63) is 34.9 Å². The van der Waals surface area contributed by atoms with Gasteiger partial charge in [0.15, 0.2) is 5.78 Å². The highest BCUT2D eigenvalue weighted by molar-refractivity contribution is 9.10. The lowest BCUT2D eigenvalue weighted by molar-refractivity contribution is 0.0979. The van der Waals surface area contributed by atoms with Crippen LogP contribution in [0, 0.1) is 5.92 Å². The van der Waals surface area contributed by atoms with Gasteiger partial charge in [-0.1, -0.05) is 95.6 Å². The molecule has 2 heteroatoms.